The van der Waals surface area contributed by atoms with Crippen LogP contribution in [0.5, 0.6) is 0 Å². The van der Waals surface area contributed by atoms with Crippen LogP contribution in [-0.2, 0) is 4.79 Å². The third-order valence-electron chi connectivity index (χ3n) is 3.98. The summed E-state index contributed by atoms with van der Waals surface area (Å²) in [6, 6.07) is 17.6. The zero-order chi connectivity index (χ0) is 21.5. The van der Waals surface area contributed by atoms with Crippen molar-refractivity contribution in [3.05, 3.63) is 82.5 Å². The average Bonchev–Trinajstić information content (AvgIpc) is 2.70. The summed E-state index contributed by atoms with van der Waals surface area (Å²) in [5.41, 5.74) is 1.44. The Balaban J connectivity index is 1.74. The number of anilines is 1. The number of nitrogens with zero attached hydrogens (tertiary/aromatic N) is 1. The number of aromatic nitrogens is 1. The van der Waals surface area contributed by atoms with Gasteiger partial charge in [0, 0.05) is 21.1 Å². The van der Waals surface area contributed by atoms with E-state index in [0.717, 1.165) is 15.5 Å². The maximum atomic E-state index is 11.3. The van der Waals surface area contributed by atoms with Crippen molar-refractivity contribution in [2.24, 2.45) is 0 Å². The van der Waals surface area contributed by atoms with Crippen molar-refractivity contribution in [2.45, 2.75) is 22.4 Å². The van der Waals surface area contributed by atoms with Gasteiger partial charge in [0.15, 0.2) is 5.11 Å². The van der Waals surface area contributed by atoms with Crippen LogP contribution in [0.15, 0.2) is 76.8 Å². The molecule has 0 aliphatic carbocycles. The van der Waals surface area contributed by atoms with E-state index in [1.54, 1.807) is 36.5 Å². The van der Waals surface area contributed by atoms with Gasteiger partial charge in [0.1, 0.15) is 5.03 Å². The number of carboxylic acids is 1. The van der Waals surface area contributed by atoms with E-state index in [4.69, 9.17) is 35.4 Å². The topological polar surface area (TPSA) is 74.2 Å². The highest BCUT2D eigenvalue weighted by molar-refractivity contribution is 7.99. The molecule has 0 aliphatic heterocycles. The van der Waals surface area contributed by atoms with Gasteiger partial charge in [-0.05, 0) is 66.3 Å². The smallest absolute Gasteiger partial charge is 0.305 e. The van der Waals surface area contributed by atoms with Crippen molar-refractivity contribution in [3.8, 4) is 0 Å². The molecule has 30 heavy (non-hydrogen) atoms. The lowest BCUT2D eigenvalue weighted by Gasteiger charge is -2.21. The summed E-state index contributed by atoms with van der Waals surface area (Å²) < 4.78 is 0. The van der Waals surface area contributed by atoms with Crippen molar-refractivity contribution >= 4 is 64.0 Å². The Bertz CT molecular complexity index is 1050. The number of pyridine rings is 1. The Morgan fingerprint density at radius 2 is 1.87 bits per heavy atom. The number of hydrogen-bond acceptors (Lipinski definition) is 4. The first-order chi connectivity index (χ1) is 14.4. The fourth-order valence-corrected chi connectivity index (χ4v) is 4.06. The standard InChI is InChI=1S/C21H17Cl2N3O2S2/c22-14-6-8-16(9-7-14)30-20-17(5-2-10-24-20)25-21(29)26-18(12-19(27)28)13-3-1-4-15(23)11-13/h1-11,18H,12H2,(H,27,28)(H2,25,26,29)/t18-/m1/s1. The van der Waals surface area contributed by atoms with Gasteiger partial charge in [-0.2, -0.15) is 0 Å². The third kappa shape index (κ3) is 6.60. The van der Waals surface area contributed by atoms with Crippen molar-refractivity contribution in [3.63, 3.8) is 0 Å². The first-order valence-electron chi connectivity index (χ1n) is 8.84. The molecule has 154 valence electrons. The Labute approximate surface area is 193 Å². The van der Waals surface area contributed by atoms with Crippen LogP contribution in [0.4, 0.5) is 5.69 Å². The average molecular weight is 478 g/mol. The maximum absolute atomic E-state index is 11.3. The molecule has 0 fully saturated rings. The summed E-state index contributed by atoms with van der Waals surface area (Å²) >= 11 is 18.9. The fourth-order valence-electron chi connectivity index (χ4n) is 2.65. The summed E-state index contributed by atoms with van der Waals surface area (Å²) in [5, 5.41) is 17.7. The van der Waals surface area contributed by atoms with E-state index < -0.39 is 12.0 Å². The molecule has 0 bridgehead atoms. The Hall–Kier alpha value is -2.32. The van der Waals surface area contributed by atoms with Crippen molar-refractivity contribution in [1.29, 1.82) is 0 Å². The third-order valence-corrected chi connectivity index (χ3v) is 5.72. The fraction of sp³-hybridized carbons (Fsp3) is 0.0952. The molecule has 3 N–H and O–H groups in total. The highest BCUT2D eigenvalue weighted by atomic mass is 35.5. The lowest BCUT2D eigenvalue weighted by atomic mass is 10.0. The monoisotopic (exact) mass is 477 g/mol. The van der Waals surface area contributed by atoms with Crippen LogP contribution in [-0.4, -0.2) is 21.2 Å². The summed E-state index contributed by atoms with van der Waals surface area (Å²) in [6.45, 7) is 0. The zero-order valence-corrected chi connectivity index (χ0v) is 18.7. The second-order valence-electron chi connectivity index (χ2n) is 6.22. The second-order valence-corrected chi connectivity index (χ2v) is 8.56. The van der Waals surface area contributed by atoms with E-state index in [0.29, 0.717) is 15.7 Å². The normalized spacial score (nSPS) is 11.5. The van der Waals surface area contributed by atoms with Gasteiger partial charge in [-0.1, -0.05) is 47.1 Å². The van der Waals surface area contributed by atoms with Gasteiger partial charge in [-0.3, -0.25) is 4.79 Å². The van der Waals surface area contributed by atoms with Gasteiger partial charge in [-0.15, -0.1) is 0 Å². The molecule has 2 aromatic carbocycles. The van der Waals surface area contributed by atoms with Crippen LogP contribution in [0.25, 0.3) is 0 Å². The molecule has 0 radical (unpaired) electrons. The number of thiocarbonyl (C=S) groups is 1. The van der Waals surface area contributed by atoms with Crippen LogP contribution >= 0.6 is 47.2 Å². The molecule has 0 spiro atoms. The Kier molecular flexibility index (Phi) is 7.93. The minimum atomic E-state index is -0.948. The summed E-state index contributed by atoms with van der Waals surface area (Å²) in [4.78, 5) is 16.7. The largest absolute Gasteiger partial charge is 0.481 e. The minimum absolute atomic E-state index is 0.151. The Morgan fingerprint density at radius 1 is 1.10 bits per heavy atom. The van der Waals surface area contributed by atoms with Crippen molar-refractivity contribution in [1.82, 2.24) is 10.3 Å². The van der Waals surface area contributed by atoms with Crippen LogP contribution < -0.4 is 10.6 Å². The van der Waals surface area contributed by atoms with E-state index in [1.165, 1.54) is 11.8 Å². The molecule has 5 nitrogen and oxygen atoms in total. The number of hydrogen-bond donors (Lipinski definition) is 3. The number of benzene rings is 2. The number of rotatable bonds is 7. The predicted molar refractivity (Wildman–Crippen MR) is 126 cm³/mol. The number of halogens is 2. The van der Waals surface area contributed by atoms with Crippen LogP contribution in [0, 0.1) is 0 Å². The van der Waals surface area contributed by atoms with Crippen LogP contribution in [0.2, 0.25) is 10.0 Å². The molecular weight excluding hydrogens is 461 g/mol. The van der Waals surface area contributed by atoms with E-state index in [1.807, 2.05) is 30.3 Å². The van der Waals surface area contributed by atoms with Gasteiger partial charge in [0.2, 0.25) is 0 Å². The highest BCUT2D eigenvalue weighted by Gasteiger charge is 2.18. The lowest BCUT2D eigenvalue weighted by molar-refractivity contribution is -0.137. The molecule has 3 rings (SSSR count). The molecule has 3 aromatic rings. The van der Waals surface area contributed by atoms with Crippen molar-refractivity contribution in [2.75, 3.05) is 5.32 Å². The Morgan fingerprint density at radius 3 is 2.57 bits per heavy atom. The van der Waals surface area contributed by atoms with E-state index in [9.17, 15) is 9.90 Å². The summed E-state index contributed by atoms with van der Waals surface area (Å²) in [7, 11) is 0. The summed E-state index contributed by atoms with van der Waals surface area (Å²) in [6.07, 6.45) is 1.54. The predicted octanol–water partition coefficient (Wildman–Crippen LogP) is 6.04. The second kappa shape index (κ2) is 10.6. The molecular formula is C21H17Cl2N3O2S2. The van der Waals surface area contributed by atoms with Gasteiger partial charge in [0.05, 0.1) is 18.2 Å². The molecule has 0 amide bonds. The van der Waals surface area contributed by atoms with E-state index in [-0.39, 0.29) is 11.5 Å². The number of nitrogens with one attached hydrogen (secondary N) is 2. The molecule has 0 saturated carbocycles. The quantitative estimate of drug-likeness (QED) is 0.358. The van der Waals surface area contributed by atoms with E-state index >= 15 is 0 Å². The van der Waals surface area contributed by atoms with E-state index in [2.05, 4.69) is 15.6 Å². The van der Waals surface area contributed by atoms with Crippen LogP contribution in [0.1, 0.15) is 18.0 Å². The highest BCUT2D eigenvalue weighted by Crippen LogP contribution is 2.32. The number of carboxylic acid groups (broad SMARTS) is 1. The molecule has 1 heterocycles. The molecule has 9 heteroatoms. The van der Waals surface area contributed by atoms with Crippen molar-refractivity contribution < 1.29 is 9.90 Å². The minimum Gasteiger partial charge on any atom is -0.481 e. The molecule has 1 atom stereocenters. The van der Waals surface area contributed by atoms with Gasteiger partial charge in [0.25, 0.3) is 0 Å². The maximum Gasteiger partial charge on any atom is 0.305 e. The first kappa shape index (κ1) is 22.4. The zero-order valence-electron chi connectivity index (χ0n) is 15.5. The molecule has 0 unspecified atom stereocenters. The SMILES string of the molecule is O=C(O)C[C@@H](NC(=S)Nc1cccnc1Sc1ccc(Cl)cc1)c1cccc(Cl)c1. The summed E-state index contributed by atoms with van der Waals surface area (Å²) in [5.74, 6) is -0.948. The first-order valence-corrected chi connectivity index (χ1v) is 10.8. The van der Waals surface area contributed by atoms with Crippen LogP contribution in [0.3, 0.4) is 0 Å². The number of aliphatic carboxylic acids is 1. The van der Waals surface area contributed by atoms with Gasteiger partial charge >= 0.3 is 5.97 Å². The van der Waals surface area contributed by atoms with Gasteiger partial charge in [-0.25, -0.2) is 4.98 Å². The molecule has 0 saturated heterocycles. The molecule has 0 aliphatic rings. The van der Waals surface area contributed by atoms with Gasteiger partial charge < -0.3 is 15.7 Å². The lowest BCUT2D eigenvalue weighted by Crippen LogP contribution is -2.33. The molecule has 1 aromatic heterocycles. The number of carbonyl (C=O) groups is 1.